The van der Waals surface area contributed by atoms with E-state index in [4.69, 9.17) is 10.2 Å². The highest BCUT2D eigenvalue weighted by atomic mass is 16.7. The zero-order valence-corrected chi connectivity index (χ0v) is 6.43. The van der Waals surface area contributed by atoms with Gasteiger partial charge in [0, 0.05) is 13.0 Å². The fourth-order valence-electron chi connectivity index (χ4n) is 0.755. The first kappa shape index (κ1) is 10.3. The Labute approximate surface area is 64.8 Å². The summed E-state index contributed by atoms with van der Waals surface area (Å²) in [6.45, 7) is 1.70. The van der Waals surface area contributed by atoms with Gasteiger partial charge in [0.2, 0.25) is 0 Å². The number of aliphatic hydroxyl groups is 2. The fraction of sp³-hybridized carbons (Fsp3) is 1.00. The van der Waals surface area contributed by atoms with Crippen LogP contribution in [0.5, 0.6) is 0 Å². The minimum atomic E-state index is -1.54. The van der Waals surface area contributed by atoms with Crippen LogP contribution in [0.3, 0.4) is 0 Å². The summed E-state index contributed by atoms with van der Waals surface area (Å²) < 4.78 is 0. The predicted molar refractivity (Wildman–Crippen MR) is 38.5 cm³/mol. The maximum atomic E-state index is 9.94. The van der Waals surface area contributed by atoms with Crippen molar-refractivity contribution in [2.45, 2.75) is 26.0 Å². The molecular weight excluding hydrogens is 150 g/mol. The smallest absolute Gasteiger partial charge is 0.313 e. The standard InChI is InChI=1S/C6H13NO4/c1-2-5(4-8)3-6(9)7(10)11/h5-6,8-9H,2-4H2,1H3. The normalized spacial score (nSPS) is 15.9. The summed E-state index contributed by atoms with van der Waals surface area (Å²) in [6, 6.07) is 0. The molecule has 0 aliphatic heterocycles. The van der Waals surface area contributed by atoms with Crippen molar-refractivity contribution in [1.82, 2.24) is 0 Å². The molecule has 0 bridgehead atoms. The second-order valence-electron chi connectivity index (χ2n) is 2.46. The predicted octanol–water partition coefficient (Wildman–Crippen LogP) is -0.00990. The Morgan fingerprint density at radius 3 is 2.45 bits per heavy atom. The molecule has 0 saturated heterocycles. The van der Waals surface area contributed by atoms with Crippen LogP contribution < -0.4 is 0 Å². The van der Waals surface area contributed by atoms with Gasteiger partial charge in [0.05, 0.1) is 4.92 Å². The van der Waals surface area contributed by atoms with Gasteiger partial charge >= 0.3 is 6.23 Å². The first-order valence-corrected chi connectivity index (χ1v) is 3.54. The second kappa shape index (κ2) is 5.03. The number of hydrogen-bond acceptors (Lipinski definition) is 4. The molecule has 5 nitrogen and oxygen atoms in total. The van der Waals surface area contributed by atoms with Crippen LogP contribution in [0.15, 0.2) is 0 Å². The lowest BCUT2D eigenvalue weighted by molar-refractivity contribution is -0.572. The highest BCUT2D eigenvalue weighted by Crippen LogP contribution is 2.09. The minimum absolute atomic E-state index is 0.0278. The molecule has 0 fully saturated rings. The van der Waals surface area contributed by atoms with Crippen LogP contribution >= 0.6 is 0 Å². The van der Waals surface area contributed by atoms with Crippen LogP contribution in [0.25, 0.3) is 0 Å². The lowest BCUT2D eigenvalue weighted by Gasteiger charge is -2.10. The van der Waals surface area contributed by atoms with Gasteiger partial charge in [-0.2, -0.15) is 0 Å². The van der Waals surface area contributed by atoms with Crippen molar-refractivity contribution in [3.63, 3.8) is 0 Å². The van der Waals surface area contributed by atoms with Crippen LogP contribution in [0.1, 0.15) is 19.8 Å². The fourth-order valence-corrected chi connectivity index (χ4v) is 0.755. The summed E-state index contributed by atoms with van der Waals surface area (Å²) in [5, 5.41) is 27.3. The van der Waals surface area contributed by atoms with Crippen LogP contribution in [0.2, 0.25) is 0 Å². The van der Waals surface area contributed by atoms with E-state index in [-0.39, 0.29) is 18.9 Å². The molecule has 0 saturated carbocycles. The Bertz CT molecular complexity index is 124. The van der Waals surface area contributed by atoms with Crippen molar-refractivity contribution in [1.29, 1.82) is 0 Å². The Morgan fingerprint density at radius 2 is 2.18 bits per heavy atom. The lowest BCUT2D eigenvalue weighted by atomic mass is 10.0. The summed E-state index contributed by atoms with van der Waals surface area (Å²) in [5.41, 5.74) is 0. The van der Waals surface area contributed by atoms with E-state index in [0.29, 0.717) is 6.42 Å². The van der Waals surface area contributed by atoms with E-state index >= 15 is 0 Å². The van der Waals surface area contributed by atoms with Gasteiger partial charge in [-0.15, -0.1) is 0 Å². The summed E-state index contributed by atoms with van der Waals surface area (Å²) in [7, 11) is 0. The molecule has 2 atom stereocenters. The third-order valence-electron chi connectivity index (χ3n) is 1.62. The first-order chi connectivity index (χ1) is 5.11. The monoisotopic (exact) mass is 163 g/mol. The Hall–Kier alpha value is -0.680. The molecule has 0 spiro atoms. The van der Waals surface area contributed by atoms with Crippen LogP contribution in [-0.2, 0) is 0 Å². The van der Waals surface area contributed by atoms with E-state index in [1.807, 2.05) is 6.92 Å². The number of rotatable bonds is 5. The van der Waals surface area contributed by atoms with Gasteiger partial charge in [0.25, 0.3) is 0 Å². The van der Waals surface area contributed by atoms with Gasteiger partial charge in [-0.05, 0) is 5.92 Å². The molecule has 66 valence electrons. The number of nitro groups is 1. The first-order valence-electron chi connectivity index (χ1n) is 3.54. The third-order valence-corrected chi connectivity index (χ3v) is 1.62. The van der Waals surface area contributed by atoms with Crippen molar-refractivity contribution in [2.75, 3.05) is 6.61 Å². The van der Waals surface area contributed by atoms with Crippen LogP contribution in [-0.4, -0.2) is 28.0 Å². The van der Waals surface area contributed by atoms with Crippen molar-refractivity contribution >= 4 is 0 Å². The van der Waals surface area contributed by atoms with Crippen LogP contribution in [0.4, 0.5) is 0 Å². The van der Waals surface area contributed by atoms with E-state index in [1.165, 1.54) is 0 Å². The molecule has 0 radical (unpaired) electrons. The lowest BCUT2D eigenvalue weighted by Crippen LogP contribution is -2.23. The van der Waals surface area contributed by atoms with Gasteiger partial charge in [-0.1, -0.05) is 13.3 Å². The quantitative estimate of drug-likeness (QED) is 0.339. The van der Waals surface area contributed by atoms with E-state index in [2.05, 4.69) is 0 Å². The van der Waals surface area contributed by atoms with Crippen molar-refractivity contribution < 1.29 is 15.1 Å². The zero-order chi connectivity index (χ0) is 8.85. The molecular formula is C6H13NO4. The summed E-state index contributed by atoms with van der Waals surface area (Å²) in [5.74, 6) is -0.171. The Kier molecular flexibility index (Phi) is 4.72. The molecule has 0 heterocycles. The number of hydrogen-bond donors (Lipinski definition) is 2. The van der Waals surface area contributed by atoms with Crippen molar-refractivity contribution in [3.8, 4) is 0 Å². The number of nitrogens with zero attached hydrogens (tertiary/aromatic N) is 1. The van der Waals surface area contributed by atoms with Gasteiger partial charge in [-0.3, -0.25) is 10.1 Å². The van der Waals surface area contributed by atoms with Gasteiger partial charge in [-0.25, -0.2) is 0 Å². The zero-order valence-electron chi connectivity index (χ0n) is 6.43. The molecule has 0 aliphatic rings. The van der Waals surface area contributed by atoms with E-state index in [0.717, 1.165) is 0 Å². The number of aliphatic hydroxyl groups excluding tert-OH is 2. The average Bonchev–Trinajstić information content (AvgIpc) is 1.99. The van der Waals surface area contributed by atoms with Gasteiger partial charge < -0.3 is 10.2 Å². The third kappa shape index (κ3) is 3.90. The highest BCUT2D eigenvalue weighted by molar-refractivity contribution is 4.55. The molecule has 11 heavy (non-hydrogen) atoms. The largest absolute Gasteiger partial charge is 0.396 e. The molecule has 2 N–H and O–H groups in total. The molecule has 0 amide bonds. The van der Waals surface area contributed by atoms with Gasteiger partial charge in [0.15, 0.2) is 0 Å². The van der Waals surface area contributed by atoms with E-state index in [9.17, 15) is 10.1 Å². The molecule has 0 aliphatic carbocycles. The molecule has 5 heteroatoms. The summed E-state index contributed by atoms with van der Waals surface area (Å²) in [6.07, 6.45) is -0.867. The Balaban J connectivity index is 3.71. The average molecular weight is 163 g/mol. The topological polar surface area (TPSA) is 83.6 Å². The van der Waals surface area contributed by atoms with Gasteiger partial charge in [0.1, 0.15) is 0 Å². The summed E-state index contributed by atoms with van der Waals surface area (Å²) >= 11 is 0. The SMILES string of the molecule is CCC(CO)CC(O)[N+](=O)[O-]. The van der Waals surface area contributed by atoms with Crippen molar-refractivity contribution in [3.05, 3.63) is 10.1 Å². The van der Waals surface area contributed by atoms with Crippen LogP contribution in [0, 0.1) is 16.0 Å². The Morgan fingerprint density at radius 1 is 1.64 bits per heavy atom. The molecule has 0 rings (SSSR count). The molecule has 0 aromatic heterocycles. The molecule has 2 unspecified atom stereocenters. The maximum absolute atomic E-state index is 9.94. The minimum Gasteiger partial charge on any atom is -0.396 e. The van der Waals surface area contributed by atoms with E-state index < -0.39 is 11.2 Å². The van der Waals surface area contributed by atoms with E-state index in [1.54, 1.807) is 0 Å². The second-order valence-corrected chi connectivity index (χ2v) is 2.46. The summed E-state index contributed by atoms with van der Waals surface area (Å²) in [4.78, 5) is 9.19. The highest BCUT2D eigenvalue weighted by Gasteiger charge is 2.20. The molecule has 0 aromatic rings. The van der Waals surface area contributed by atoms with Crippen molar-refractivity contribution in [2.24, 2.45) is 5.92 Å². The molecule has 0 aromatic carbocycles. The maximum Gasteiger partial charge on any atom is 0.313 e.